The number of hydrogen-bond acceptors (Lipinski definition) is 5. The average molecular weight is 505 g/mol. The van der Waals surface area contributed by atoms with Crippen LogP contribution in [0.2, 0.25) is 0 Å². The molecule has 2 amide bonds. The van der Waals surface area contributed by atoms with Gasteiger partial charge in [-0.15, -0.1) is 0 Å². The summed E-state index contributed by atoms with van der Waals surface area (Å²) < 4.78 is 11.0. The number of carboxylic acids is 1. The highest BCUT2D eigenvalue weighted by Gasteiger charge is 2.21. The molecule has 1 atom stereocenters. The molecule has 0 radical (unpaired) electrons. The van der Waals surface area contributed by atoms with Gasteiger partial charge in [-0.3, -0.25) is 4.79 Å². The standard InChI is InChI=1S/C29H32N2O6/c1-29(2,3)37-28(35)30-18-21-9-13-23(14-10-21)26(32)31-25(27(33)34)17-20-11-15-24(16-12-20)36-19-22-7-5-4-6-8-22/h4-16,25H,17-19H2,1-3H3,(H,30,35)(H,31,32)(H,33,34)/t25-/m0/s1. The summed E-state index contributed by atoms with van der Waals surface area (Å²) >= 11 is 0. The minimum atomic E-state index is -1.13. The van der Waals surface area contributed by atoms with Crippen molar-refractivity contribution in [1.29, 1.82) is 0 Å². The molecule has 3 aromatic rings. The highest BCUT2D eigenvalue weighted by molar-refractivity contribution is 5.96. The van der Waals surface area contributed by atoms with Crippen molar-refractivity contribution in [3.05, 3.63) is 101 Å². The largest absolute Gasteiger partial charge is 0.489 e. The van der Waals surface area contributed by atoms with E-state index in [9.17, 15) is 19.5 Å². The number of nitrogens with one attached hydrogen (secondary N) is 2. The number of carbonyl (C=O) groups is 3. The molecule has 0 aromatic heterocycles. The maximum absolute atomic E-state index is 12.7. The second-order valence-corrected chi connectivity index (χ2v) is 9.54. The van der Waals surface area contributed by atoms with Gasteiger partial charge in [0.25, 0.3) is 5.91 Å². The normalized spacial score (nSPS) is 11.8. The van der Waals surface area contributed by atoms with E-state index in [-0.39, 0.29) is 13.0 Å². The Morgan fingerprint density at radius 2 is 1.46 bits per heavy atom. The van der Waals surface area contributed by atoms with Gasteiger partial charge in [0.2, 0.25) is 0 Å². The van der Waals surface area contributed by atoms with Crippen molar-refractivity contribution in [3.63, 3.8) is 0 Å². The summed E-state index contributed by atoms with van der Waals surface area (Å²) in [6, 6.07) is 22.4. The summed E-state index contributed by atoms with van der Waals surface area (Å²) in [6.07, 6.45) is -0.410. The SMILES string of the molecule is CC(C)(C)OC(=O)NCc1ccc(C(=O)N[C@@H](Cc2ccc(OCc3ccccc3)cc2)C(=O)O)cc1. The van der Waals surface area contributed by atoms with Crippen LogP contribution in [0.4, 0.5) is 4.79 Å². The Morgan fingerprint density at radius 1 is 0.838 bits per heavy atom. The molecule has 3 aromatic carbocycles. The summed E-state index contributed by atoms with van der Waals surface area (Å²) in [7, 11) is 0. The second kappa shape index (κ2) is 12.6. The summed E-state index contributed by atoms with van der Waals surface area (Å²) in [5.41, 5.74) is 2.30. The Morgan fingerprint density at radius 3 is 2.05 bits per heavy atom. The zero-order valence-electron chi connectivity index (χ0n) is 21.2. The van der Waals surface area contributed by atoms with Gasteiger partial charge in [-0.1, -0.05) is 54.6 Å². The smallest absolute Gasteiger partial charge is 0.407 e. The molecule has 3 N–H and O–H groups in total. The maximum atomic E-state index is 12.7. The molecule has 0 aliphatic carbocycles. The lowest BCUT2D eigenvalue weighted by atomic mass is 10.0. The monoisotopic (exact) mass is 504 g/mol. The van der Waals surface area contributed by atoms with Crippen molar-refractivity contribution in [1.82, 2.24) is 10.6 Å². The molecule has 8 nitrogen and oxygen atoms in total. The van der Waals surface area contributed by atoms with Crippen LogP contribution in [0.25, 0.3) is 0 Å². The molecular weight excluding hydrogens is 472 g/mol. The number of carboxylic acid groups (broad SMARTS) is 1. The zero-order chi connectivity index (χ0) is 26.8. The number of rotatable bonds is 10. The molecule has 0 heterocycles. The third-order valence-electron chi connectivity index (χ3n) is 5.27. The third kappa shape index (κ3) is 9.33. The molecular formula is C29H32N2O6. The molecule has 8 heteroatoms. The number of aliphatic carboxylic acids is 1. The van der Waals surface area contributed by atoms with Crippen LogP contribution in [-0.4, -0.2) is 34.7 Å². The van der Waals surface area contributed by atoms with Crippen molar-refractivity contribution in [2.45, 2.75) is 52.0 Å². The van der Waals surface area contributed by atoms with Crippen LogP contribution in [0.5, 0.6) is 5.75 Å². The van der Waals surface area contributed by atoms with E-state index in [0.717, 1.165) is 16.7 Å². The van der Waals surface area contributed by atoms with Gasteiger partial charge in [-0.05, 0) is 61.7 Å². The first-order valence-electron chi connectivity index (χ1n) is 11.9. The lowest BCUT2D eigenvalue weighted by Gasteiger charge is -2.19. The Labute approximate surface area is 216 Å². The first kappa shape index (κ1) is 27.3. The second-order valence-electron chi connectivity index (χ2n) is 9.54. The van der Waals surface area contributed by atoms with Crippen LogP contribution < -0.4 is 15.4 Å². The third-order valence-corrected chi connectivity index (χ3v) is 5.27. The van der Waals surface area contributed by atoms with Crippen molar-refractivity contribution in [3.8, 4) is 5.75 Å². The van der Waals surface area contributed by atoms with Crippen molar-refractivity contribution < 1.29 is 29.0 Å². The van der Waals surface area contributed by atoms with Gasteiger partial charge in [0.1, 0.15) is 24.0 Å². The summed E-state index contributed by atoms with van der Waals surface area (Å²) in [4.78, 5) is 36.3. The molecule has 0 saturated carbocycles. The van der Waals surface area contributed by atoms with E-state index >= 15 is 0 Å². The fraction of sp³-hybridized carbons (Fsp3) is 0.276. The van der Waals surface area contributed by atoms with Gasteiger partial charge in [-0.2, -0.15) is 0 Å². The van der Waals surface area contributed by atoms with E-state index in [1.54, 1.807) is 69.3 Å². The van der Waals surface area contributed by atoms with E-state index in [1.165, 1.54) is 0 Å². The van der Waals surface area contributed by atoms with Crippen LogP contribution in [0.1, 0.15) is 47.8 Å². The van der Waals surface area contributed by atoms with E-state index in [0.29, 0.717) is 17.9 Å². The molecule has 0 saturated heterocycles. The van der Waals surface area contributed by atoms with Gasteiger partial charge in [0.15, 0.2) is 0 Å². The Bertz CT molecular complexity index is 1190. The predicted octanol–water partition coefficient (Wildman–Crippen LogP) is 4.72. The van der Waals surface area contributed by atoms with Gasteiger partial charge < -0.3 is 25.2 Å². The lowest BCUT2D eigenvalue weighted by molar-refractivity contribution is -0.139. The quantitative estimate of drug-likeness (QED) is 0.368. The summed E-state index contributed by atoms with van der Waals surface area (Å²) in [5.74, 6) is -0.956. The van der Waals surface area contributed by atoms with Crippen LogP contribution in [0, 0.1) is 0 Å². The summed E-state index contributed by atoms with van der Waals surface area (Å²) in [5, 5.41) is 14.9. The van der Waals surface area contributed by atoms with Crippen LogP contribution >= 0.6 is 0 Å². The van der Waals surface area contributed by atoms with Crippen molar-refractivity contribution in [2.24, 2.45) is 0 Å². The minimum Gasteiger partial charge on any atom is -0.489 e. The highest BCUT2D eigenvalue weighted by atomic mass is 16.6. The predicted molar refractivity (Wildman–Crippen MR) is 139 cm³/mol. The van der Waals surface area contributed by atoms with E-state index < -0.39 is 29.6 Å². The van der Waals surface area contributed by atoms with Gasteiger partial charge in [0.05, 0.1) is 0 Å². The Balaban J connectivity index is 1.52. The molecule has 0 aliphatic rings. The average Bonchev–Trinajstić information content (AvgIpc) is 2.86. The summed E-state index contributed by atoms with van der Waals surface area (Å²) in [6.45, 7) is 6.01. The number of hydrogen-bond donors (Lipinski definition) is 3. The molecule has 37 heavy (non-hydrogen) atoms. The lowest BCUT2D eigenvalue weighted by Crippen LogP contribution is -2.42. The first-order chi connectivity index (χ1) is 17.6. The minimum absolute atomic E-state index is 0.123. The number of amides is 2. The molecule has 0 aliphatic heterocycles. The molecule has 0 spiro atoms. The number of alkyl carbamates (subject to hydrolysis) is 1. The first-order valence-corrected chi connectivity index (χ1v) is 11.9. The molecule has 0 unspecified atom stereocenters. The van der Waals surface area contributed by atoms with E-state index in [2.05, 4.69) is 10.6 Å². The fourth-order valence-corrected chi connectivity index (χ4v) is 3.40. The van der Waals surface area contributed by atoms with Gasteiger partial charge in [0, 0.05) is 18.5 Å². The molecule has 3 rings (SSSR count). The molecule has 0 bridgehead atoms. The van der Waals surface area contributed by atoms with E-state index in [1.807, 2.05) is 30.3 Å². The number of ether oxygens (including phenoxy) is 2. The van der Waals surface area contributed by atoms with Crippen LogP contribution in [0.15, 0.2) is 78.9 Å². The fourth-order valence-electron chi connectivity index (χ4n) is 3.40. The van der Waals surface area contributed by atoms with Gasteiger partial charge in [-0.25, -0.2) is 9.59 Å². The van der Waals surface area contributed by atoms with Crippen LogP contribution in [-0.2, 0) is 29.1 Å². The Kier molecular flexibility index (Phi) is 9.27. The van der Waals surface area contributed by atoms with E-state index in [4.69, 9.17) is 9.47 Å². The topological polar surface area (TPSA) is 114 Å². The Hall–Kier alpha value is -4.33. The van der Waals surface area contributed by atoms with Crippen molar-refractivity contribution >= 4 is 18.0 Å². The van der Waals surface area contributed by atoms with Crippen LogP contribution in [0.3, 0.4) is 0 Å². The van der Waals surface area contributed by atoms with Crippen molar-refractivity contribution in [2.75, 3.05) is 0 Å². The van der Waals surface area contributed by atoms with Gasteiger partial charge >= 0.3 is 12.1 Å². The zero-order valence-corrected chi connectivity index (χ0v) is 21.2. The molecule has 0 fully saturated rings. The highest BCUT2D eigenvalue weighted by Crippen LogP contribution is 2.16. The number of carbonyl (C=O) groups excluding carboxylic acids is 2. The molecule has 194 valence electrons. The maximum Gasteiger partial charge on any atom is 0.407 e. The number of benzene rings is 3.